The maximum absolute atomic E-state index is 12.8. The minimum absolute atomic E-state index is 0.0278. The van der Waals surface area contributed by atoms with Crippen LogP contribution >= 0.6 is 0 Å². The summed E-state index contributed by atoms with van der Waals surface area (Å²) in [6.07, 6.45) is 3.21. The Labute approximate surface area is 171 Å². The molecular formula is C24H27NO4. The number of carbonyl (C=O) groups is 2. The number of likely N-dealkylation sites (N-methyl/N-ethyl adjacent to an activating group) is 1. The van der Waals surface area contributed by atoms with Gasteiger partial charge in [0.25, 0.3) is 0 Å². The molecule has 2 aliphatic rings. The number of carboxylic acid groups (broad SMARTS) is 1. The van der Waals surface area contributed by atoms with Crippen molar-refractivity contribution in [1.82, 2.24) is 4.90 Å². The van der Waals surface area contributed by atoms with E-state index in [0.717, 1.165) is 30.4 Å². The molecule has 2 aromatic carbocycles. The molecule has 2 aromatic rings. The van der Waals surface area contributed by atoms with Crippen molar-refractivity contribution in [3.05, 3.63) is 59.7 Å². The van der Waals surface area contributed by atoms with E-state index in [1.807, 2.05) is 24.3 Å². The molecule has 29 heavy (non-hydrogen) atoms. The average Bonchev–Trinajstić information content (AvgIpc) is 3.01. The van der Waals surface area contributed by atoms with Crippen LogP contribution in [0.5, 0.6) is 0 Å². The standard InChI is InChI=1S/C24H27NO4/c1-2-25(22(23(26)27)14-16-8-7-9-16)24(28)29-15-21-19-12-5-3-10-17(19)18-11-4-6-13-20(18)21/h3-6,10-13,16,21-22H,2,7-9,14-15H2,1H3,(H,26,27). The van der Waals surface area contributed by atoms with Gasteiger partial charge in [-0.15, -0.1) is 0 Å². The first-order chi connectivity index (χ1) is 14.1. The highest BCUT2D eigenvalue weighted by atomic mass is 16.6. The number of carbonyl (C=O) groups excluding carboxylic acids is 1. The van der Waals surface area contributed by atoms with Crippen LogP contribution in [0, 0.1) is 5.92 Å². The first-order valence-corrected chi connectivity index (χ1v) is 10.4. The highest BCUT2D eigenvalue weighted by molar-refractivity contribution is 5.81. The highest BCUT2D eigenvalue weighted by Gasteiger charge is 2.35. The van der Waals surface area contributed by atoms with Crippen LogP contribution in [0.4, 0.5) is 4.79 Å². The molecule has 1 N–H and O–H groups in total. The largest absolute Gasteiger partial charge is 0.480 e. The number of amides is 1. The molecular weight excluding hydrogens is 366 g/mol. The van der Waals surface area contributed by atoms with E-state index in [4.69, 9.17) is 4.74 Å². The van der Waals surface area contributed by atoms with Crippen LogP contribution in [0.3, 0.4) is 0 Å². The van der Waals surface area contributed by atoms with Crippen molar-refractivity contribution in [2.24, 2.45) is 5.92 Å². The summed E-state index contributed by atoms with van der Waals surface area (Å²) >= 11 is 0. The van der Waals surface area contributed by atoms with Gasteiger partial charge in [-0.25, -0.2) is 9.59 Å². The summed E-state index contributed by atoms with van der Waals surface area (Å²) < 4.78 is 5.68. The second-order valence-corrected chi connectivity index (χ2v) is 7.98. The molecule has 5 heteroatoms. The van der Waals surface area contributed by atoms with Crippen LogP contribution in [0.1, 0.15) is 49.7 Å². The van der Waals surface area contributed by atoms with Crippen molar-refractivity contribution in [2.45, 2.75) is 44.6 Å². The molecule has 1 fully saturated rings. The number of aliphatic carboxylic acids is 1. The lowest BCUT2D eigenvalue weighted by atomic mass is 9.80. The number of ether oxygens (including phenoxy) is 1. The Balaban J connectivity index is 1.49. The van der Waals surface area contributed by atoms with E-state index >= 15 is 0 Å². The molecule has 1 unspecified atom stereocenters. The Kier molecular flexibility index (Phi) is 5.56. The summed E-state index contributed by atoms with van der Waals surface area (Å²) in [4.78, 5) is 26.0. The Bertz CT molecular complexity index is 860. The van der Waals surface area contributed by atoms with Gasteiger partial charge < -0.3 is 9.84 Å². The zero-order valence-electron chi connectivity index (χ0n) is 16.7. The minimum atomic E-state index is -0.952. The van der Waals surface area contributed by atoms with Crippen molar-refractivity contribution in [3.63, 3.8) is 0 Å². The molecule has 0 saturated heterocycles. The number of hydrogen-bond donors (Lipinski definition) is 1. The summed E-state index contributed by atoms with van der Waals surface area (Å²) in [6, 6.07) is 15.5. The fraction of sp³-hybridized carbons (Fsp3) is 0.417. The van der Waals surface area contributed by atoms with Gasteiger partial charge in [0.1, 0.15) is 12.6 Å². The Morgan fingerprint density at radius 1 is 1.07 bits per heavy atom. The maximum Gasteiger partial charge on any atom is 0.410 e. The van der Waals surface area contributed by atoms with Gasteiger partial charge >= 0.3 is 12.1 Å². The molecule has 0 radical (unpaired) electrons. The topological polar surface area (TPSA) is 66.8 Å². The number of hydrogen-bond acceptors (Lipinski definition) is 3. The van der Waals surface area contributed by atoms with E-state index in [1.54, 1.807) is 6.92 Å². The van der Waals surface area contributed by atoms with Crippen molar-refractivity contribution < 1.29 is 19.4 Å². The molecule has 2 aliphatic carbocycles. The Morgan fingerprint density at radius 2 is 1.66 bits per heavy atom. The van der Waals surface area contributed by atoms with Crippen LogP contribution in [0.15, 0.2) is 48.5 Å². The zero-order chi connectivity index (χ0) is 20.4. The molecule has 0 spiro atoms. The van der Waals surface area contributed by atoms with Gasteiger partial charge in [-0.3, -0.25) is 4.90 Å². The van der Waals surface area contributed by atoms with E-state index in [1.165, 1.54) is 16.0 Å². The molecule has 5 nitrogen and oxygen atoms in total. The second kappa shape index (κ2) is 8.27. The maximum atomic E-state index is 12.8. The predicted octanol–water partition coefficient (Wildman–Crippen LogP) is 4.90. The fourth-order valence-electron chi connectivity index (χ4n) is 4.56. The van der Waals surface area contributed by atoms with Crippen LogP contribution in [-0.4, -0.2) is 41.3 Å². The highest BCUT2D eigenvalue weighted by Crippen LogP contribution is 2.44. The van der Waals surface area contributed by atoms with Gasteiger partial charge in [-0.1, -0.05) is 67.8 Å². The average molecular weight is 393 g/mol. The predicted molar refractivity (Wildman–Crippen MR) is 111 cm³/mol. The molecule has 1 amide bonds. The van der Waals surface area contributed by atoms with E-state index in [2.05, 4.69) is 24.3 Å². The number of benzene rings is 2. The summed E-state index contributed by atoms with van der Waals surface area (Å²) in [5, 5.41) is 9.68. The van der Waals surface area contributed by atoms with E-state index in [-0.39, 0.29) is 12.5 Å². The Morgan fingerprint density at radius 3 is 2.14 bits per heavy atom. The molecule has 0 heterocycles. The molecule has 1 saturated carbocycles. The third-order valence-corrected chi connectivity index (χ3v) is 6.35. The van der Waals surface area contributed by atoms with Crippen LogP contribution in [0.2, 0.25) is 0 Å². The lowest BCUT2D eigenvalue weighted by Crippen LogP contribution is -2.47. The lowest BCUT2D eigenvalue weighted by molar-refractivity contribution is -0.143. The first kappa shape index (κ1) is 19.5. The van der Waals surface area contributed by atoms with Gasteiger partial charge in [-0.2, -0.15) is 0 Å². The van der Waals surface area contributed by atoms with E-state index in [9.17, 15) is 14.7 Å². The van der Waals surface area contributed by atoms with Crippen LogP contribution < -0.4 is 0 Å². The minimum Gasteiger partial charge on any atom is -0.480 e. The van der Waals surface area contributed by atoms with Crippen molar-refractivity contribution in [1.29, 1.82) is 0 Å². The zero-order valence-corrected chi connectivity index (χ0v) is 16.7. The summed E-state index contributed by atoms with van der Waals surface area (Å²) in [5.41, 5.74) is 4.64. The Hall–Kier alpha value is -2.82. The van der Waals surface area contributed by atoms with Crippen LogP contribution in [-0.2, 0) is 9.53 Å². The number of carboxylic acids is 1. The smallest absolute Gasteiger partial charge is 0.410 e. The number of fused-ring (bicyclic) bond motifs is 3. The lowest BCUT2D eigenvalue weighted by Gasteiger charge is -2.33. The molecule has 152 valence electrons. The number of nitrogens with zero attached hydrogens (tertiary/aromatic N) is 1. The van der Waals surface area contributed by atoms with E-state index < -0.39 is 18.1 Å². The van der Waals surface area contributed by atoms with Crippen molar-refractivity contribution >= 4 is 12.1 Å². The fourth-order valence-corrected chi connectivity index (χ4v) is 4.56. The SMILES string of the molecule is CCN(C(=O)OCC1c2ccccc2-c2ccccc21)C(CC1CCC1)C(=O)O. The van der Waals surface area contributed by atoms with Crippen molar-refractivity contribution in [3.8, 4) is 11.1 Å². The first-order valence-electron chi connectivity index (χ1n) is 10.4. The molecule has 0 bridgehead atoms. The summed E-state index contributed by atoms with van der Waals surface area (Å²) in [6.45, 7) is 2.33. The van der Waals surface area contributed by atoms with E-state index in [0.29, 0.717) is 18.9 Å². The van der Waals surface area contributed by atoms with Crippen LogP contribution in [0.25, 0.3) is 11.1 Å². The molecule has 1 atom stereocenters. The normalized spacial score (nSPS) is 16.4. The summed E-state index contributed by atoms with van der Waals surface area (Å²) in [7, 11) is 0. The van der Waals surface area contributed by atoms with Crippen molar-refractivity contribution in [2.75, 3.05) is 13.2 Å². The second-order valence-electron chi connectivity index (χ2n) is 7.98. The number of rotatable bonds is 7. The quantitative estimate of drug-likeness (QED) is 0.726. The summed E-state index contributed by atoms with van der Waals surface area (Å²) in [5.74, 6) is -0.584. The van der Waals surface area contributed by atoms with Gasteiger partial charge in [-0.05, 0) is 41.5 Å². The molecule has 4 rings (SSSR count). The monoisotopic (exact) mass is 393 g/mol. The third kappa shape index (κ3) is 3.74. The third-order valence-electron chi connectivity index (χ3n) is 6.35. The van der Waals surface area contributed by atoms with Gasteiger partial charge in [0, 0.05) is 12.5 Å². The molecule has 0 aliphatic heterocycles. The molecule has 0 aromatic heterocycles. The van der Waals surface area contributed by atoms with Gasteiger partial charge in [0.05, 0.1) is 0 Å². The van der Waals surface area contributed by atoms with Gasteiger partial charge in [0.2, 0.25) is 0 Å². The van der Waals surface area contributed by atoms with Gasteiger partial charge in [0.15, 0.2) is 0 Å².